The summed E-state index contributed by atoms with van der Waals surface area (Å²) in [6, 6.07) is 6.63. The number of aromatic hydroxyl groups is 1. The van der Waals surface area contributed by atoms with E-state index in [2.05, 4.69) is 0 Å². The molecule has 3 nitrogen and oxygen atoms in total. The van der Waals surface area contributed by atoms with Crippen LogP contribution >= 0.6 is 11.6 Å². The van der Waals surface area contributed by atoms with Crippen LogP contribution in [0.3, 0.4) is 0 Å². The Morgan fingerprint density at radius 1 is 1.31 bits per heavy atom. The molecule has 0 bridgehead atoms. The van der Waals surface area contributed by atoms with Gasteiger partial charge in [-0.3, -0.25) is 4.79 Å². The Balaban J connectivity index is 2.11. The number of carbonyl (C=O) groups excluding carboxylic acids is 1. The van der Waals surface area contributed by atoms with Crippen LogP contribution in [-0.2, 0) is 0 Å². The van der Waals surface area contributed by atoms with E-state index in [0.717, 1.165) is 12.8 Å². The maximum atomic E-state index is 12.1. The van der Waals surface area contributed by atoms with Crippen LogP contribution in [0.2, 0.25) is 0 Å². The molecule has 0 aliphatic carbocycles. The van der Waals surface area contributed by atoms with Crippen molar-refractivity contribution in [2.45, 2.75) is 18.2 Å². The monoisotopic (exact) mass is 239 g/mol. The lowest BCUT2D eigenvalue weighted by Crippen LogP contribution is -2.38. The van der Waals surface area contributed by atoms with Gasteiger partial charge in [-0.05, 0) is 25.0 Å². The highest BCUT2D eigenvalue weighted by atomic mass is 35.5. The van der Waals surface area contributed by atoms with Crippen molar-refractivity contribution in [2.24, 2.45) is 0 Å². The molecule has 1 amide bonds. The number of phenolic OH excluding ortho intramolecular Hbond substituents is 1. The van der Waals surface area contributed by atoms with Crippen molar-refractivity contribution in [1.82, 2.24) is 4.90 Å². The first kappa shape index (κ1) is 11.3. The maximum absolute atomic E-state index is 12.1. The number of carbonyl (C=O) groups is 1. The van der Waals surface area contributed by atoms with Crippen molar-refractivity contribution in [3.63, 3.8) is 0 Å². The van der Waals surface area contributed by atoms with Crippen LogP contribution in [0.25, 0.3) is 0 Å². The summed E-state index contributed by atoms with van der Waals surface area (Å²) in [5.41, 5.74) is 0.371. The van der Waals surface area contributed by atoms with E-state index in [4.69, 9.17) is 11.6 Å². The minimum atomic E-state index is -0.110. The van der Waals surface area contributed by atoms with Crippen molar-refractivity contribution in [2.75, 3.05) is 13.1 Å². The standard InChI is InChI=1S/C12H14ClNO2/c13-9-5-7-14(8-6-9)12(16)10-3-1-2-4-11(10)15/h1-4,9,15H,5-8H2. The number of nitrogens with zero attached hydrogens (tertiary/aromatic N) is 1. The fourth-order valence-electron chi connectivity index (χ4n) is 1.88. The molecule has 0 saturated carbocycles. The molecular formula is C12H14ClNO2. The molecule has 1 aromatic carbocycles. The van der Waals surface area contributed by atoms with Crippen molar-refractivity contribution in [1.29, 1.82) is 0 Å². The number of alkyl halides is 1. The molecule has 4 heteroatoms. The molecule has 0 unspecified atom stereocenters. The first-order valence-electron chi connectivity index (χ1n) is 5.40. The quantitative estimate of drug-likeness (QED) is 0.764. The van der Waals surface area contributed by atoms with Crippen LogP contribution in [0.15, 0.2) is 24.3 Å². The SMILES string of the molecule is O=C(c1ccccc1O)N1CCC(Cl)CC1. The zero-order valence-electron chi connectivity index (χ0n) is 8.90. The molecule has 1 heterocycles. The minimum absolute atomic E-state index is 0.0421. The third kappa shape index (κ3) is 2.30. The van der Waals surface area contributed by atoms with Crippen LogP contribution in [0.4, 0.5) is 0 Å². The molecule has 0 atom stereocenters. The summed E-state index contributed by atoms with van der Waals surface area (Å²) in [4.78, 5) is 13.8. The van der Waals surface area contributed by atoms with Crippen molar-refractivity contribution in [3.05, 3.63) is 29.8 Å². The maximum Gasteiger partial charge on any atom is 0.257 e. The number of halogens is 1. The predicted molar refractivity (Wildman–Crippen MR) is 62.9 cm³/mol. The molecule has 1 aliphatic rings. The van der Waals surface area contributed by atoms with Gasteiger partial charge in [0.1, 0.15) is 5.75 Å². The Hall–Kier alpha value is -1.22. The lowest BCUT2D eigenvalue weighted by Gasteiger charge is -2.29. The van der Waals surface area contributed by atoms with Crippen LogP contribution in [0.5, 0.6) is 5.75 Å². The van der Waals surface area contributed by atoms with Gasteiger partial charge in [-0.15, -0.1) is 11.6 Å². The molecule has 86 valence electrons. The summed E-state index contributed by atoms with van der Waals surface area (Å²) in [7, 11) is 0. The summed E-state index contributed by atoms with van der Waals surface area (Å²) >= 11 is 5.98. The van der Waals surface area contributed by atoms with Gasteiger partial charge in [-0.25, -0.2) is 0 Å². The van der Waals surface area contributed by atoms with Crippen LogP contribution in [0.1, 0.15) is 23.2 Å². The van der Waals surface area contributed by atoms with Crippen LogP contribution in [-0.4, -0.2) is 34.4 Å². The van der Waals surface area contributed by atoms with Gasteiger partial charge in [-0.2, -0.15) is 0 Å². The summed E-state index contributed by atoms with van der Waals surface area (Å²) in [6.07, 6.45) is 1.64. The number of para-hydroxylation sites is 1. The fraction of sp³-hybridized carbons (Fsp3) is 0.417. The first-order chi connectivity index (χ1) is 7.68. The highest BCUT2D eigenvalue weighted by Crippen LogP contribution is 2.21. The summed E-state index contributed by atoms with van der Waals surface area (Å²) in [5, 5.41) is 9.76. The second kappa shape index (κ2) is 4.74. The van der Waals surface area contributed by atoms with E-state index in [-0.39, 0.29) is 17.0 Å². The molecule has 0 spiro atoms. The van der Waals surface area contributed by atoms with E-state index in [0.29, 0.717) is 18.7 Å². The molecule has 0 radical (unpaired) electrons. The van der Waals surface area contributed by atoms with Crippen LogP contribution < -0.4 is 0 Å². The third-order valence-electron chi connectivity index (χ3n) is 2.85. The highest BCUT2D eigenvalue weighted by molar-refractivity contribution is 6.20. The van der Waals surface area contributed by atoms with Gasteiger partial charge in [0, 0.05) is 18.5 Å². The number of benzene rings is 1. The van der Waals surface area contributed by atoms with Gasteiger partial charge in [0.2, 0.25) is 0 Å². The summed E-state index contributed by atoms with van der Waals surface area (Å²) < 4.78 is 0. The smallest absolute Gasteiger partial charge is 0.257 e. The van der Waals surface area contributed by atoms with E-state index < -0.39 is 0 Å². The van der Waals surface area contributed by atoms with Gasteiger partial charge in [0.15, 0.2) is 0 Å². The lowest BCUT2D eigenvalue weighted by molar-refractivity contribution is 0.0723. The van der Waals surface area contributed by atoms with Crippen molar-refractivity contribution < 1.29 is 9.90 Å². The molecular weight excluding hydrogens is 226 g/mol. The fourth-order valence-corrected chi connectivity index (χ4v) is 2.07. The van der Waals surface area contributed by atoms with E-state index in [1.807, 2.05) is 0 Å². The van der Waals surface area contributed by atoms with Crippen molar-refractivity contribution in [3.8, 4) is 5.75 Å². The molecule has 1 fully saturated rings. The van der Waals surface area contributed by atoms with E-state index in [1.54, 1.807) is 23.1 Å². The first-order valence-corrected chi connectivity index (χ1v) is 5.83. The Labute approximate surface area is 99.6 Å². The van der Waals surface area contributed by atoms with Gasteiger partial charge in [0.05, 0.1) is 5.56 Å². The normalized spacial score (nSPS) is 17.4. The molecule has 16 heavy (non-hydrogen) atoms. The van der Waals surface area contributed by atoms with Gasteiger partial charge in [0.25, 0.3) is 5.91 Å². The average molecular weight is 240 g/mol. The molecule has 2 rings (SSSR count). The number of rotatable bonds is 1. The largest absolute Gasteiger partial charge is 0.507 e. The number of piperidine rings is 1. The zero-order valence-corrected chi connectivity index (χ0v) is 9.65. The summed E-state index contributed by atoms with van der Waals surface area (Å²) in [5.74, 6) is -0.0674. The Kier molecular flexibility index (Phi) is 3.34. The second-order valence-corrected chi connectivity index (χ2v) is 4.60. The third-order valence-corrected chi connectivity index (χ3v) is 3.28. The van der Waals surface area contributed by atoms with Crippen LogP contribution in [0, 0.1) is 0 Å². The topological polar surface area (TPSA) is 40.5 Å². The predicted octanol–water partition coefficient (Wildman–Crippen LogP) is 2.24. The Morgan fingerprint density at radius 2 is 1.94 bits per heavy atom. The second-order valence-electron chi connectivity index (χ2n) is 3.98. The van der Waals surface area contributed by atoms with E-state index in [9.17, 15) is 9.90 Å². The molecule has 0 aromatic heterocycles. The Bertz CT molecular complexity index is 386. The molecule has 1 aromatic rings. The average Bonchev–Trinajstić information content (AvgIpc) is 2.30. The number of hydrogen-bond acceptors (Lipinski definition) is 2. The number of amides is 1. The van der Waals surface area contributed by atoms with E-state index in [1.165, 1.54) is 6.07 Å². The lowest BCUT2D eigenvalue weighted by atomic mass is 10.1. The van der Waals surface area contributed by atoms with Gasteiger partial charge >= 0.3 is 0 Å². The number of hydrogen-bond donors (Lipinski definition) is 1. The Morgan fingerprint density at radius 3 is 2.56 bits per heavy atom. The highest BCUT2D eigenvalue weighted by Gasteiger charge is 2.23. The minimum Gasteiger partial charge on any atom is -0.507 e. The number of likely N-dealkylation sites (tertiary alicyclic amines) is 1. The summed E-state index contributed by atoms with van der Waals surface area (Å²) in [6.45, 7) is 1.34. The molecule has 1 saturated heterocycles. The van der Waals surface area contributed by atoms with E-state index >= 15 is 0 Å². The zero-order chi connectivity index (χ0) is 11.5. The molecule has 1 N–H and O–H groups in total. The van der Waals surface area contributed by atoms with Gasteiger partial charge < -0.3 is 10.0 Å². The number of phenols is 1. The molecule has 1 aliphatic heterocycles. The van der Waals surface area contributed by atoms with Crippen molar-refractivity contribution >= 4 is 17.5 Å². The van der Waals surface area contributed by atoms with Gasteiger partial charge in [-0.1, -0.05) is 12.1 Å².